The summed E-state index contributed by atoms with van der Waals surface area (Å²) < 4.78 is 34.2. The van der Waals surface area contributed by atoms with E-state index < -0.39 is 11.6 Å². The minimum atomic E-state index is -0.802. The molecule has 1 radical (unpaired) electrons. The number of hydrogen-bond acceptors (Lipinski definition) is 2. The Morgan fingerprint density at radius 3 is 2.35 bits per heavy atom. The van der Waals surface area contributed by atoms with Crippen LogP contribution in [0.15, 0.2) is 23.0 Å². The van der Waals surface area contributed by atoms with Crippen molar-refractivity contribution in [1.82, 2.24) is 4.57 Å². The van der Waals surface area contributed by atoms with Gasteiger partial charge in [0.15, 0.2) is 0 Å². The topological polar surface area (TPSA) is 31.2 Å². The summed E-state index contributed by atoms with van der Waals surface area (Å²) in [6, 6.07) is 6.25. The van der Waals surface area contributed by atoms with Crippen molar-refractivity contribution in [2.24, 2.45) is 7.05 Å². The summed E-state index contributed by atoms with van der Waals surface area (Å²) in [4.78, 5) is 11.8. The second kappa shape index (κ2) is 7.09. The molecule has 0 fully saturated rings. The zero-order valence-corrected chi connectivity index (χ0v) is 15.7. The summed E-state index contributed by atoms with van der Waals surface area (Å²) in [6.07, 6.45) is 0. The van der Waals surface area contributed by atoms with Gasteiger partial charge in [-0.25, -0.2) is 8.78 Å². The van der Waals surface area contributed by atoms with Crippen molar-refractivity contribution >= 4 is 22.6 Å². The van der Waals surface area contributed by atoms with Gasteiger partial charge in [-0.1, -0.05) is 5.69 Å². The predicted octanol–water partition coefficient (Wildman–Crippen LogP) is 2.74. The third kappa shape index (κ3) is 3.28. The number of aromatic nitrogens is 1. The first-order chi connectivity index (χ1) is 8.95. The SMILES string of the molecule is COc1cc(F)c(-c2[c-]cc(I)c(=O)n2C)c(F)c1.[Y]. The molecule has 3 nitrogen and oxygen atoms in total. The molecule has 20 heavy (non-hydrogen) atoms. The monoisotopic (exact) mass is 465 g/mol. The number of benzene rings is 1. The Morgan fingerprint density at radius 2 is 1.85 bits per heavy atom. The van der Waals surface area contributed by atoms with E-state index in [0.717, 1.165) is 16.7 Å². The summed E-state index contributed by atoms with van der Waals surface area (Å²) in [6.45, 7) is 0. The summed E-state index contributed by atoms with van der Waals surface area (Å²) in [5.41, 5.74) is -0.566. The van der Waals surface area contributed by atoms with Crippen LogP contribution in [0.3, 0.4) is 0 Å². The van der Waals surface area contributed by atoms with Gasteiger partial charge in [-0.05, 0) is 9.13 Å². The van der Waals surface area contributed by atoms with Gasteiger partial charge in [-0.3, -0.25) is 4.79 Å². The molecule has 0 aliphatic heterocycles. The Bertz CT molecular complexity index is 680. The molecule has 0 aliphatic carbocycles. The summed E-state index contributed by atoms with van der Waals surface area (Å²) in [5.74, 6) is -1.53. The van der Waals surface area contributed by atoms with Crippen LogP contribution in [0.5, 0.6) is 5.75 Å². The molecule has 0 unspecified atom stereocenters. The third-order valence-corrected chi connectivity index (χ3v) is 3.44. The fraction of sp³-hybridized carbons (Fsp3) is 0.154. The molecule has 0 saturated carbocycles. The van der Waals surface area contributed by atoms with E-state index in [1.165, 1.54) is 20.2 Å². The quantitative estimate of drug-likeness (QED) is 0.505. The van der Waals surface area contributed by atoms with Crippen molar-refractivity contribution in [2.75, 3.05) is 7.11 Å². The molecule has 0 N–H and O–H groups in total. The van der Waals surface area contributed by atoms with Gasteiger partial charge in [0.25, 0.3) is 0 Å². The second-order valence-electron chi connectivity index (χ2n) is 3.82. The molecule has 103 valence electrons. The average Bonchev–Trinajstić information content (AvgIpc) is 2.37. The van der Waals surface area contributed by atoms with E-state index in [0.29, 0.717) is 3.57 Å². The maximum Gasteiger partial charge on any atom is 0.207 e. The summed E-state index contributed by atoms with van der Waals surface area (Å²) in [5, 5.41) is 0. The van der Waals surface area contributed by atoms with Crippen LogP contribution in [0.25, 0.3) is 11.3 Å². The fourth-order valence-electron chi connectivity index (χ4n) is 1.69. The van der Waals surface area contributed by atoms with Gasteiger partial charge in [-0.2, -0.15) is 12.1 Å². The van der Waals surface area contributed by atoms with Gasteiger partial charge in [0.2, 0.25) is 5.56 Å². The second-order valence-corrected chi connectivity index (χ2v) is 4.98. The molecule has 1 heterocycles. The van der Waals surface area contributed by atoms with E-state index in [9.17, 15) is 13.6 Å². The molecular weight excluding hydrogens is 456 g/mol. The molecule has 0 bridgehead atoms. The first-order valence-electron chi connectivity index (χ1n) is 5.26. The maximum atomic E-state index is 13.9. The Kier molecular flexibility index (Phi) is 6.28. The van der Waals surface area contributed by atoms with Crippen molar-refractivity contribution < 1.29 is 46.2 Å². The van der Waals surface area contributed by atoms with Gasteiger partial charge >= 0.3 is 0 Å². The number of hydrogen-bond donors (Lipinski definition) is 0. The van der Waals surface area contributed by atoms with Crippen LogP contribution in [0.4, 0.5) is 8.78 Å². The Labute approximate surface area is 153 Å². The number of ether oxygens (including phenoxy) is 1. The molecule has 2 aromatic rings. The summed E-state index contributed by atoms with van der Waals surface area (Å²) in [7, 11) is 2.76. The molecule has 7 heteroatoms. The van der Waals surface area contributed by atoms with Crippen LogP contribution in [0.1, 0.15) is 0 Å². The van der Waals surface area contributed by atoms with Gasteiger partial charge in [0, 0.05) is 51.9 Å². The van der Waals surface area contributed by atoms with Crippen LogP contribution in [-0.4, -0.2) is 11.7 Å². The largest absolute Gasteiger partial charge is 0.497 e. The number of pyridine rings is 1. The number of nitrogens with zero attached hydrogens (tertiary/aromatic N) is 1. The van der Waals surface area contributed by atoms with Crippen molar-refractivity contribution in [3.63, 3.8) is 0 Å². The minimum Gasteiger partial charge on any atom is -0.497 e. The molecule has 2 rings (SSSR count). The summed E-state index contributed by atoms with van der Waals surface area (Å²) >= 11 is 1.84. The predicted molar refractivity (Wildman–Crippen MR) is 75.1 cm³/mol. The Hall–Kier alpha value is -0.336. The van der Waals surface area contributed by atoms with Gasteiger partial charge in [0.05, 0.1) is 18.7 Å². The fourth-order valence-corrected chi connectivity index (χ4v) is 2.20. The molecule has 0 atom stereocenters. The number of halogens is 3. The van der Waals surface area contributed by atoms with Crippen molar-refractivity contribution in [2.45, 2.75) is 0 Å². The Balaban J connectivity index is 0.00000200. The van der Waals surface area contributed by atoms with Gasteiger partial charge < -0.3 is 9.30 Å². The molecule has 1 aromatic heterocycles. The van der Waals surface area contributed by atoms with Crippen LogP contribution in [0.2, 0.25) is 0 Å². The molecule has 0 spiro atoms. The smallest absolute Gasteiger partial charge is 0.207 e. The zero-order chi connectivity index (χ0) is 14.2. The van der Waals surface area contributed by atoms with E-state index in [1.807, 2.05) is 22.6 Å². The molecular formula is C13H9F2INO2Y-. The minimum absolute atomic E-state index is 0. The van der Waals surface area contributed by atoms with Crippen molar-refractivity contribution in [3.05, 3.63) is 49.8 Å². The van der Waals surface area contributed by atoms with Crippen LogP contribution < -0.4 is 10.3 Å². The zero-order valence-electron chi connectivity index (χ0n) is 10.7. The van der Waals surface area contributed by atoms with Crippen molar-refractivity contribution in [1.29, 1.82) is 0 Å². The molecule has 0 aliphatic rings. The van der Waals surface area contributed by atoms with Gasteiger partial charge in [-0.15, -0.1) is 22.6 Å². The normalized spacial score (nSPS) is 10.1. The third-order valence-electron chi connectivity index (χ3n) is 2.67. The van der Waals surface area contributed by atoms with Gasteiger partial charge in [0.1, 0.15) is 5.75 Å². The van der Waals surface area contributed by atoms with Crippen LogP contribution in [-0.2, 0) is 39.8 Å². The first-order valence-corrected chi connectivity index (χ1v) is 6.34. The number of rotatable bonds is 2. The molecule has 1 aromatic carbocycles. The number of methoxy groups -OCH3 is 1. The van der Waals surface area contributed by atoms with E-state index in [4.69, 9.17) is 4.74 Å². The molecule has 0 saturated heterocycles. The van der Waals surface area contributed by atoms with Crippen LogP contribution >= 0.6 is 22.6 Å². The maximum absolute atomic E-state index is 13.9. The van der Waals surface area contributed by atoms with Crippen LogP contribution in [0, 0.1) is 21.3 Å². The average molecular weight is 465 g/mol. The van der Waals surface area contributed by atoms with E-state index in [1.54, 1.807) is 0 Å². The molecule has 0 amide bonds. The van der Waals surface area contributed by atoms with E-state index >= 15 is 0 Å². The first kappa shape index (κ1) is 17.7. The van der Waals surface area contributed by atoms with E-state index in [-0.39, 0.29) is 55.3 Å². The van der Waals surface area contributed by atoms with Crippen molar-refractivity contribution in [3.8, 4) is 17.0 Å². The van der Waals surface area contributed by atoms with E-state index in [2.05, 4.69) is 6.07 Å². The Morgan fingerprint density at radius 1 is 1.30 bits per heavy atom. The standard InChI is InChI=1S/C13H9F2INO2.Y/c1-17-11(4-3-10(16)13(17)18)12-8(14)5-7(19-2)6-9(12)15;/h3,5-6H,1-2H3;/q-1;.